The van der Waals surface area contributed by atoms with Crippen LogP contribution in [0.1, 0.15) is 15.9 Å². The molecular formula is C14H10F3N5O2. The van der Waals surface area contributed by atoms with Crippen molar-refractivity contribution in [2.45, 2.75) is 6.18 Å². The number of anilines is 1. The first-order chi connectivity index (χ1) is 11.3. The maximum absolute atomic E-state index is 12.5. The number of amides is 1. The number of nitrogens with zero attached hydrogens (tertiary/aromatic N) is 4. The van der Waals surface area contributed by atoms with Gasteiger partial charge in [0.1, 0.15) is 5.69 Å². The molecule has 0 aliphatic carbocycles. The van der Waals surface area contributed by atoms with Gasteiger partial charge < -0.3 is 4.42 Å². The third-order valence-electron chi connectivity index (χ3n) is 3.16. The first kappa shape index (κ1) is 15.7. The Morgan fingerprint density at radius 2 is 1.88 bits per heavy atom. The second kappa shape index (κ2) is 5.80. The van der Waals surface area contributed by atoms with Crippen LogP contribution in [0.15, 0.2) is 40.9 Å². The highest BCUT2D eigenvalue weighted by Gasteiger charge is 2.30. The fourth-order valence-electron chi connectivity index (χ4n) is 1.94. The summed E-state index contributed by atoms with van der Waals surface area (Å²) >= 11 is 0. The lowest BCUT2D eigenvalue weighted by molar-refractivity contribution is -0.137. The molecule has 0 atom stereocenters. The lowest BCUT2D eigenvalue weighted by Gasteiger charge is -2.07. The maximum Gasteiger partial charge on any atom is 0.416 e. The van der Waals surface area contributed by atoms with Crippen LogP contribution >= 0.6 is 0 Å². The highest BCUT2D eigenvalue weighted by Crippen LogP contribution is 2.29. The summed E-state index contributed by atoms with van der Waals surface area (Å²) in [5.74, 6) is -0.512. The van der Waals surface area contributed by atoms with Crippen molar-refractivity contribution >= 4 is 11.9 Å². The summed E-state index contributed by atoms with van der Waals surface area (Å²) in [5.41, 5.74) is -0.254. The molecule has 1 amide bonds. The van der Waals surface area contributed by atoms with Crippen molar-refractivity contribution in [2.75, 3.05) is 5.32 Å². The molecule has 10 heteroatoms. The highest BCUT2D eigenvalue weighted by atomic mass is 19.4. The largest absolute Gasteiger partial charge is 0.416 e. The smallest absolute Gasteiger partial charge is 0.401 e. The third kappa shape index (κ3) is 3.12. The van der Waals surface area contributed by atoms with Gasteiger partial charge in [-0.3, -0.25) is 14.8 Å². The van der Waals surface area contributed by atoms with E-state index in [2.05, 4.69) is 20.6 Å². The minimum Gasteiger partial charge on any atom is -0.401 e. The summed E-state index contributed by atoms with van der Waals surface area (Å²) in [4.78, 5) is 12.0. The Labute approximate surface area is 133 Å². The van der Waals surface area contributed by atoms with E-state index < -0.39 is 17.6 Å². The number of carbonyl (C=O) groups excluding carboxylic acids is 1. The molecule has 2 heterocycles. The van der Waals surface area contributed by atoms with Crippen LogP contribution in [0, 0.1) is 0 Å². The zero-order chi connectivity index (χ0) is 17.3. The fraction of sp³-hybridized carbons (Fsp3) is 0.143. The normalized spacial score (nSPS) is 11.5. The number of halogens is 3. The van der Waals surface area contributed by atoms with Gasteiger partial charge in [0.2, 0.25) is 0 Å². The topological polar surface area (TPSA) is 85.8 Å². The van der Waals surface area contributed by atoms with Crippen molar-refractivity contribution in [3.05, 3.63) is 47.7 Å². The molecular weight excluding hydrogens is 327 g/mol. The van der Waals surface area contributed by atoms with E-state index in [0.717, 1.165) is 24.3 Å². The molecule has 1 N–H and O–H groups in total. The number of alkyl halides is 3. The molecule has 3 aromatic rings. The molecule has 0 fully saturated rings. The molecule has 0 aliphatic rings. The van der Waals surface area contributed by atoms with E-state index in [9.17, 15) is 18.0 Å². The molecule has 1 aromatic carbocycles. The van der Waals surface area contributed by atoms with Gasteiger partial charge in [-0.25, -0.2) is 0 Å². The second-order valence-electron chi connectivity index (χ2n) is 4.78. The maximum atomic E-state index is 12.5. The van der Waals surface area contributed by atoms with Crippen molar-refractivity contribution in [3.63, 3.8) is 0 Å². The van der Waals surface area contributed by atoms with Gasteiger partial charge in [-0.15, -0.1) is 5.10 Å². The SMILES string of the molecule is Cn1nccc1-c1nnc(NC(=O)c2ccc(C(F)(F)F)cc2)o1. The molecule has 0 unspecified atom stereocenters. The van der Waals surface area contributed by atoms with E-state index in [4.69, 9.17) is 4.42 Å². The Balaban J connectivity index is 1.74. The summed E-state index contributed by atoms with van der Waals surface area (Å²) in [5, 5.41) is 13.7. The van der Waals surface area contributed by atoms with Crippen molar-refractivity contribution in [1.82, 2.24) is 20.0 Å². The van der Waals surface area contributed by atoms with Gasteiger partial charge in [0.15, 0.2) is 0 Å². The molecule has 0 saturated heterocycles. The van der Waals surface area contributed by atoms with Crippen LogP contribution in [-0.2, 0) is 13.2 Å². The van der Waals surface area contributed by atoms with E-state index in [1.165, 1.54) is 4.68 Å². The quantitative estimate of drug-likeness (QED) is 0.794. The number of nitrogens with one attached hydrogen (secondary N) is 1. The fourth-order valence-corrected chi connectivity index (χ4v) is 1.94. The van der Waals surface area contributed by atoms with Gasteiger partial charge >= 0.3 is 12.2 Å². The third-order valence-corrected chi connectivity index (χ3v) is 3.16. The van der Waals surface area contributed by atoms with Gasteiger partial charge in [0, 0.05) is 18.8 Å². The molecule has 124 valence electrons. The first-order valence-electron chi connectivity index (χ1n) is 6.65. The van der Waals surface area contributed by atoms with E-state index in [0.29, 0.717) is 5.69 Å². The molecule has 0 bridgehead atoms. The standard InChI is InChI=1S/C14H10F3N5O2/c1-22-10(6-7-18-22)12-20-21-13(24-12)19-11(23)8-2-4-9(5-3-8)14(15,16)17/h2-7H,1H3,(H,19,21,23). The average molecular weight is 337 g/mol. The van der Waals surface area contributed by atoms with Crippen molar-refractivity contribution in [1.29, 1.82) is 0 Å². The van der Waals surface area contributed by atoms with Crippen LogP contribution in [0.5, 0.6) is 0 Å². The van der Waals surface area contributed by atoms with E-state index in [1.54, 1.807) is 19.3 Å². The molecule has 24 heavy (non-hydrogen) atoms. The Morgan fingerprint density at radius 1 is 1.17 bits per heavy atom. The van der Waals surface area contributed by atoms with Crippen LogP contribution in [0.4, 0.5) is 19.2 Å². The average Bonchev–Trinajstić information content (AvgIpc) is 3.15. The zero-order valence-electron chi connectivity index (χ0n) is 12.2. The number of aromatic nitrogens is 4. The predicted octanol–water partition coefficient (Wildman–Crippen LogP) is 2.74. The number of hydrogen-bond donors (Lipinski definition) is 1. The molecule has 0 spiro atoms. The summed E-state index contributed by atoms with van der Waals surface area (Å²) in [7, 11) is 1.68. The zero-order valence-corrected chi connectivity index (χ0v) is 12.2. The number of hydrogen-bond acceptors (Lipinski definition) is 5. The number of benzene rings is 1. The first-order valence-corrected chi connectivity index (χ1v) is 6.65. The van der Waals surface area contributed by atoms with E-state index in [-0.39, 0.29) is 17.5 Å². The Hall–Kier alpha value is -3.17. The van der Waals surface area contributed by atoms with Crippen LogP contribution < -0.4 is 5.32 Å². The van der Waals surface area contributed by atoms with E-state index in [1.807, 2.05) is 0 Å². The van der Waals surface area contributed by atoms with Crippen LogP contribution in [-0.4, -0.2) is 25.9 Å². The van der Waals surface area contributed by atoms with Crippen LogP contribution in [0.2, 0.25) is 0 Å². The van der Waals surface area contributed by atoms with Crippen molar-refractivity contribution in [3.8, 4) is 11.6 Å². The molecule has 0 aliphatic heterocycles. The summed E-state index contributed by atoms with van der Waals surface area (Å²) in [6.45, 7) is 0. The van der Waals surface area contributed by atoms with Crippen LogP contribution in [0.3, 0.4) is 0 Å². The lowest BCUT2D eigenvalue weighted by atomic mass is 10.1. The molecule has 0 radical (unpaired) electrons. The van der Waals surface area contributed by atoms with E-state index >= 15 is 0 Å². The summed E-state index contributed by atoms with van der Waals surface area (Å²) in [6.07, 6.45) is -2.92. The van der Waals surface area contributed by atoms with Crippen molar-refractivity contribution in [2.24, 2.45) is 7.05 Å². The molecule has 0 saturated carbocycles. The van der Waals surface area contributed by atoms with Gasteiger partial charge in [-0.05, 0) is 30.3 Å². The van der Waals surface area contributed by atoms with Crippen LogP contribution in [0.25, 0.3) is 11.6 Å². The number of carbonyl (C=O) groups is 1. The highest BCUT2D eigenvalue weighted by molar-refractivity contribution is 6.03. The summed E-state index contributed by atoms with van der Waals surface area (Å²) < 4.78 is 44.3. The Bertz CT molecular complexity index is 867. The van der Waals surface area contributed by atoms with Gasteiger partial charge in [-0.2, -0.15) is 18.3 Å². The Kier molecular flexibility index (Phi) is 3.80. The predicted molar refractivity (Wildman–Crippen MR) is 75.9 cm³/mol. The lowest BCUT2D eigenvalue weighted by Crippen LogP contribution is -2.13. The van der Waals surface area contributed by atoms with Gasteiger partial charge in [0.25, 0.3) is 11.8 Å². The second-order valence-corrected chi connectivity index (χ2v) is 4.78. The number of aryl methyl sites for hydroxylation is 1. The van der Waals surface area contributed by atoms with Gasteiger partial charge in [0.05, 0.1) is 5.56 Å². The minimum atomic E-state index is -4.46. The number of rotatable bonds is 3. The minimum absolute atomic E-state index is 0.0308. The molecule has 7 nitrogen and oxygen atoms in total. The summed E-state index contributed by atoms with van der Waals surface area (Å²) in [6, 6.07) is 5.26. The monoisotopic (exact) mass is 337 g/mol. The van der Waals surface area contributed by atoms with Crippen molar-refractivity contribution < 1.29 is 22.4 Å². The molecule has 3 rings (SSSR count). The Morgan fingerprint density at radius 3 is 2.46 bits per heavy atom. The molecule has 2 aromatic heterocycles. The van der Waals surface area contributed by atoms with Gasteiger partial charge in [-0.1, -0.05) is 5.10 Å².